The molecule has 0 bridgehead atoms. The van der Waals surface area contributed by atoms with Gasteiger partial charge in [-0.2, -0.15) is 0 Å². The lowest BCUT2D eigenvalue weighted by Gasteiger charge is -2.16. The Morgan fingerprint density at radius 1 is 0.305 bits per heavy atom. The average Bonchev–Trinajstić information content (AvgIpc) is 3.95. The normalized spacial score (nSPS) is 12.1. The molecule has 0 aliphatic carbocycles. The van der Waals surface area contributed by atoms with Gasteiger partial charge < -0.3 is 13.6 Å². The van der Waals surface area contributed by atoms with Gasteiger partial charge in [-0.3, -0.25) is 0 Å². The first-order valence-corrected chi connectivity index (χ1v) is 20.1. The monoisotopic (exact) mass is 751 g/mol. The van der Waals surface area contributed by atoms with Crippen LogP contribution in [0, 0.1) is 0 Å². The summed E-state index contributed by atoms with van der Waals surface area (Å²) in [6, 6.07) is 72.1. The molecule has 0 saturated heterocycles. The molecule has 4 heterocycles. The first-order chi connectivity index (χ1) is 29.2. The minimum absolute atomic E-state index is 0.869. The van der Waals surface area contributed by atoms with Crippen molar-refractivity contribution in [3.63, 3.8) is 0 Å². The quantitative estimate of drug-likeness (QED) is 0.168. The standard InChI is InChI=1S/C55H33N3O/c1-7-19-48-39(13-1)45-32-46-44-18-6-12-24-53(44)59-54(46)33-47(45)55(56-48)35-27-25-34(26-28-35)36-29-37(57-49-20-8-2-14-40(49)41-15-3-9-21-50(41)57)31-38(30-36)58-51-22-10-4-16-42(51)43-17-5-11-23-52(43)58/h1-33H. The molecule has 0 N–H and O–H groups in total. The van der Waals surface area contributed by atoms with E-state index in [1.165, 1.54) is 49.0 Å². The number of furan rings is 1. The summed E-state index contributed by atoms with van der Waals surface area (Å²) in [6.45, 7) is 0. The Balaban J connectivity index is 1.04. The van der Waals surface area contributed by atoms with Gasteiger partial charge in [0.2, 0.25) is 0 Å². The lowest BCUT2D eigenvalue weighted by molar-refractivity contribution is 0.669. The fourth-order valence-corrected chi connectivity index (χ4v) is 9.63. The van der Waals surface area contributed by atoms with E-state index in [0.717, 1.165) is 72.0 Å². The Hall–Kier alpha value is -7.95. The number of fused-ring (bicyclic) bond motifs is 12. The number of rotatable bonds is 4. The summed E-state index contributed by atoms with van der Waals surface area (Å²) in [4.78, 5) is 5.30. The maximum absolute atomic E-state index is 6.40. The number of aromatic nitrogens is 3. The molecular weight excluding hydrogens is 719 g/mol. The van der Waals surface area contributed by atoms with Gasteiger partial charge in [0, 0.05) is 60.0 Å². The third-order valence-electron chi connectivity index (χ3n) is 12.3. The second-order valence-corrected chi connectivity index (χ2v) is 15.5. The van der Waals surface area contributed by atoms with Crippen molar-refractivity contribution < 1.29 is 4.42 Å². The van der Waals surface area contributed by atoms with Crippen molar-refractivity contribution in [1.82, 2.24) is 14.1 Å². The molecule has 0 amide bonds. The molecule has 0 fully saturated rings. The summed E-state index contributed by atoms with van der Waals surface area (Å²) >= 11 is 0. The number of hydrogen-bond donors (Lipinski definition) is 0. The van der Waals surface area contributed by atoms with E-state index < -0.39 is 0 Å². The fourth-order valence-electron chi connectivity index (χ4n) is 9.63. The Morgan fingerprint density at radius 2 is 0.780 bits per heavy atom. The van der Waals surface area contributed by atoms with Crippen LogP contribution in [0.1, 0.15) is 0 Å². The smallest absolute Gasteiger partial charge is 0.136 e. The minimum atomic E-state index is 0.869. The highest BCUT2D eigenvalue weighted by Crippen LogP contribution is 2.41. The van der Waals surface area contributed by atoms with Crippen molar-refractivity contribution in [2.75, 3.05) is 0 Å². The van der Waals surface area contributed by atoms with E-state index in [1.807, 2.05) is 12.1 Å². The van der Waals surface area contributed by atoms with Crippen LogP contribution in [0.3, 0.4) is 0 Å². The highest BCUT2D eigenvalue weighted by atomic mass is 16.3. The summed E-state index contributed by atoms with van der Waals surface area (Å²) in [5.74, 6) is 0. The Morgan fingerprint density at radius 3 is 1.36 bits per heavy atom. The van der Waals surface area contributed by atoms with Crippen LogP contribution < -0.4 is 0 Å². The maximum atomic E-state index is 6.40. The number of benzene rings is 9. The summed E-state index contributed by atoms with van der Waals surface area (Å²) in [7, 11) is 0. The van der Waals surface area contributed by atoms with E-state index in [-0.39, 0.29) is 0 Å². The van der Waals surface area contributed by atoms with Crippen LogP contribution in [-0.4, -0.2) is 14.1 Å². The second kappa shape index (κ2) is 12.3. The molecule has 4 heteroatoms. The molecule has 0 unspecified atom stereocenters. The highest BCUT2D eigenvalue weighted by Gasteiger charge is 2.19. The van der Waals surface area contributed by atoms with E-state index in [9.17, 15) is 0 Å². The van der Waals surface area contributed by atoms with Crippen LogP contribution >= 0.6 is 0 Å². The van der Waals surface area contributed by atoms with Crippen molar-refractivity contribution >= 4 is 87.2 Å². The molecular formula is C55H33N3O. The first-order valence-electron chi connectivity index (χ1n) is 20.1. The van der Waals surface area contributed by atoms with Crippen LogP contribution in [0.5, 0.6) is 0 Å². The molecule has 9 aromatic carbocycles. The molecule has 0 spiro atoms. The highest BCUT2D eigenvalue weighted by molar-refractivity contribution is 6.19. The van der Waals surface area contributed by atoms with E-state index >= 15 is 0 Å². The molecule has 13 aromatic rings. The number of nitrogens with zero attached hydrogens (tertiary/aromatic N) is 3. The first kappa shape index (κ1) is 32.2. The molecule has 274 valence electrons. The van der Waals surface area contributed by atoms with E-state index in [1.54, 1.807) is 0 Å². The topological polar surface area (TPSA) is 35.9 Å². The largest absolute Gasteiger partial charge is 0.456 e. The lowest BCUT2D eigenvalue weighted by atomic mass is 9.96. The maximum Gasteiger partial charge on any atom is 0.136 e. The molecule has 59 heavy (non-hydrogen) atoms. The third-order valence-corrected chi connectivity index (χ3v) is 12.3. The van der Waals surface area contributed by atoms with Crippen molar-refractivity contribution in [1.29, 1.82) is 0 Å². The Bertz CT molecular complexity index is 3610. The van der Waals surface area contributed by atoms with Crippen LogP contribution in [-0.2, 0) is 0 Å². The molecule has 0 radical (unpaired) electrons. The third kappa shape index (κ3) is 4.75. The van der Waals surface area contributed by atoms with Gasteiger partial charge in [0.05, 0.1) is 33.3 Å². The zero-order valence-electron chi connectivity index (χ0n) is 31.8. The van der Waals surface area contributed by atoms with Gasteiger partial charge >= 0.3 is 0 Å². The number of hydrogen-bond acceptors (Lipinski definition) is 2. The van der Waals surface area contributed by atoms with Gasteiger partial charge in [-0.1, -0.05) is 133 Å². The van der Waals surface area contributed by atoms with Gasteiger partial charge in [-0.15, -0.1) is 0 Å². The number of para-hydroxylation sites is 6. The van der Waals surface area contributed by atoms with Crippen LogP contribution in [0.25, 0.3) is 121 Å². The van der Waals surface area contributed by atoms with Crippen molar-refractivity contribution in [3.05, 3.63) is 200 Å². The van der Waals surface area contributed by atoms with Gasteiger partial charge in [-0.05, 0) is 83.2 Å². The lowest BCUT2D eigenvalue weighted by Crippen LogP contribution is -2.00. The summed E-state index contributed by atoms with van der Waals surface area (Å²) < 4.78 is 11.2. The Labute approximate surface area is 338 Å². The average molecular weight is 752 g/mol. The van der Waals surface area contributed by atoms with Gasteiger partial charge in [-0.25, -0.2) is 4.98 Å². The van der Waals surface area contributed by atoms with Crippen LogP contribution in [0.4, 0.5) is 0 Å². The molecule has 13 rings (SSSR count). The molecule has 0 aliphatic rings. The van der Waals surface area contributed by atoms with Gasteiger partial charge in [0.1, 0.15) is 11.2 Å². The van der Waals surface area contributed by atoms with E-state index in [2.05, 4.69) is 197 Å². The van der Waals surface area contributed by atoms with Crippen molar-refractivity contribution in [3.8, 4) is 33.8 Å². The molecule has 4 aromatic heterocycles. The predicted octanol–water partition coefficient (Wildman–Crippen LogP) is 14.8. The summed E-state index contributed by atoms with van der Waals surface area (Å²) in [5, 5.41) is 10.6. The second-order valence-electron chi connectivity index (χ2n) is 15.5. The molecule has 0 atom stereocenters. The van der Waals surface area contributed by atoms with Crippen LogP contribution in [0.15, 0.2) is 205 Å². The SMILES string of the molecule is c1ccc2c(c1)nc(-c1ccc(-c3cc(-n4c5ccccc5c5ccccc54)cc(-n4c5ccccc5c5ccccc54)c3)cc1)c1cc3oc4ccccc4c3cc12. The minimum Gasteiger partial charge on any atom is -0.456 e. The van der Waals surface area contributed by atoms with Crippen LogP contribution in [0.2, 0.25) is 0 Å². The number of pyridine rings is 1. The summed E-state index contributed by atoms with van der Waals surface area (Å²) in [6.07, 6.45) is 0. The zero-order chi connectivity index (χ0) is 38.6. The van der Waals surface area contributed by atoms with Gasteiger partial charge in [0.15, 0.2) is 0 Å². The molecule has 4 nitrogen and oxygen atoms in total. The zero-order valence-corrected chi connectivity index (χ0v) is 31.8. The van der Waals surface area contributed by atoms with E-state index in [4.69, 9.17) is 9.40 Å². The van der Waals surface area contributed by atoms with E-state index in [0.29, 0.717) is 0 Å². The van der Waals surface area contributed by atoms with Crippen molar-refractivity contribution in [2.24, 2.45) is 0 Å². The predicted molar refractivity (Wildman–Crippen MR) is 246 cm³/mol. The molecule has 0 saturated carbocycles. The summed E-state index contributed by atoms with van der Waals surface area (Å²) in [5.41, 5.74) is 13.9. The van der Waals surface area contributed by atoms with Crippen molar-refractivity contribution in [2.45, 2.75) is 0 Å². The van der Waals surface area contributed by atoms with Gasteiger partial charge in [0.25, 0.3) is 0 Å². The fraction of sp³-hybridized carbons (Fsp3) is 0. The Kier molecular flexibility index (Phi) is 6.69. The molecule has 0 aliphatic heterocycles.